The van der Waals surface area contributed by atoms with E-state index in [1.165, 1.54) is 12.3 Å². The first-order valence-corrected chi connectivity index (χ1v) is 6.97. The second-order valence-electron chi connectivity index (χ2n) is 4.48. The number of hydrogen-bond acceptors (Lipinski definition) is 6. The van der Waals surface area contributed by atoms with Gasteiger partial charge in [-0.05, 0) is 29.9 Å². The molecule has 0 saturated carbocycles. The van der Waals surface area contributed by atoms with Crippen molar-refractivity contribution in [2.24, 2.45) is 10.8 Å². The average Bonchev–Trinajstić information content (AvgIpc) is 2.54. The molecule has 0 aliphatic rings. The van der Waals surface area contributed by atoms with E-state index in [1.807, 2.05) is 6.07 Å². The standard InChI is InChI=1S/C14H14N6O2S/c15-14(23)19-18-9-10-3-4-12(13(6-10)20(21)22)17-8-11-2-1-5-16-7-11/h1-7,9,17H,8H2,(H3,15,19,23). The van der Waals surface area contributed by atoms with Gasteiger partial charge in [0.2, 0.25) is 0 Å². The number of hydrogen-bond donors (Lipinski definition) is 3. The van der Waals surface area contributed by atoms with Crippen LogP contribution in [-0.2, 0) is 6.54 Å². The number of benzene rings is 1. The fourth-order valence-corrected chi connectivity index (χ4v) is 1.85. The van der Waals surface area contributed by atoms with Crippen molar-refractivity contribution < 1.29 is 4.92 Å². The number of rotatable bonds is 6. The summed E-state index contributed by atoms with van der Waals surface area (Å²) in [6.45, 7) is 0.436. The summed E-state index contributed by atoms with van der Waals surface area (Å²) in [6, 6.07) is 8.42. The molecule has 0 radical (unpaired) electrons. The molecule has 0 unspecified atom stereocenters. The van der Waals surface area contributed by atoms with Crippen LogP contribution in [0.3, 0.4) is 0 Å². The lowest BCUT2D eigenvalue weighted by Crippen LogP contribution is -2.23. The van der Waals surface area contributed by atoms with Gasteiger partial charge in [-0.2, -0.15) is 5.10 Å². The molecule has 9 heteroatoms. The highest BCUT2D eigenvalue weighted by atomic mass is 32.1. The second-order valence-corrected chi connectivity index (χ2v) is 4.92. The van der Waals surface area contributed by atoms with E-state index in [0.717, 1.165) is 5.56 Å². The molecule has 1 heterocycles. The Kier molecular flexibility index (Phi) is 5.53. The lowest BCUT2D eigenvalue weighted by Gasteiger charge is -2.07. The molecular formula is C14H14N6O2S. The highest BCUT2D eigenvalue weighted by molar-refractivity contribution is 7.80. The van der Waals surface area contributed by atoms with E-state index >= 15 is 0 Å². The van der Waals surface area contributed by atoms with E-state index < -0.39 is 4.92 Å². The molecule has 118 valence electrons. The SMILES string of the molecule is NC(=S)NN=Cc1ccc(NCc2cccnc2)c([N+](=O)[O-])c1. The Balaban J connectivity index is 2.14. The van der Waals surface area contributed by atoms with E-state index in [0.29, 0.717) is 17.8 Å². The molecule has 0 amide bonds. The minimum atomic E-state index is -0.454. The van der Waals surface area contributed by atoms with E-state index in [9.17, 15) is 10.1 Å². The van der Waals surface area contributed by atoms with Crippen LogP contribution < -0.4 is 16.5 Å². The van der Waals surface area contributed by atoms with Crippen molar-refractivity contribution in [2.45, 2.75) is 6.54 Å². The topological polar surface area (TPSA) is 118 Å². The molecule has 2 rings (SSSR count). The van der Waals surface area contributed by atoms with E-state index in [4.69, 9.17) is 5.73 Å². The van der Waals surface area contributed by atoms with Gasteiger partial charge in [-0.1, -0.05) is 12.1 Å². The highest BCUT2D eigenvalue weighted by Crippen LogP contribution is 2.25. The zero-order valence-electron chi connectivity index (χ0n) is 12.0. The normalized spacial score (nSPS) is 10.4. The number of nitrogens with zero attached hydrogens (tertiary/aromatic N) is 3. The number of aromatic nitrogens is 1. The molecule has 1 aromatic heterocycles. The third kappa shape index (κ3) is 5.00. The monoisotopic (exact) mass is 330 g/mol. The van der Waals surface area contributed by atoms with Gasteiger partial charge in [0.15, 0.2) is 5.11 Å². The summed E-state index contributed by atoms with van der Waals surface area (Å²) in [5.41, 5.74) is 9.47. The molecule has 23 heavy (non-hydrogen) atoms. The summed E-state index contributed by atoms with van der Waals surface area (Å²) in [7, 11) is 0. The van der Waals surface area contributed by atoms with Crippen LogP contribution in [0.25, 0.3) is 0 Å². The van der Waals surface area contributed by atoms with Gasteiger partial charge in [0.25, 0.3) is 5.69 Å². The molecule has 0 spiro atoms. The summed E-state index contributed by atoms with van der Waals surface area (Å²) in [5.74, 6) is 0. The Morgan fingerprint density at radius 1 is 1.48 bits per heavy atom. The van der Waals surface area contributed by atoms with Crippen molar-refractivity contribution in [3.05, 3.63) is 64.0 Å². The smallest absolute Gasteiger partial charge is 0.292 e. The molecule has 0 atom stereocenters. The molecule has 0 bridgehead atoms. The van der Waals surface area contributed by atoms with Crippen LogP contribution >= 0.6 is 12.2 Å². The number of anilines is 1. The fourth-order valence-electron chi connectivity index (χ4n) is 1.80. The number of nitrogens with two attached hydrogens (primary N) is 1. The third-order valence-electron chi connectivity index (χ3n) is 2.81. The van der Waals surface area contributed by atoms with Crippen molar-refractivity contribution in [1.82, 2.24) is 10.4 Å². The number of nitrogens with one attached hydrogen (secondary N) is 2. The Morgan fingerprint density at radius 2 is 2.30 bits per heavy atom. The van der Waals surface area contributed by atoms with Gasteiger partial charge in [0.1, 0.15) is 5.69 Å². The number of thiocarbonyl (C=S) groups is 1. The Labute approximate surface area is 137 Å². The maximum atomic E-state index is 11.2. The van der Waals surface area contributed by atoms with Crippen molar-refractivity contribution in [1.29, 1.82) is 0 Å². The lowest BCUT2D eigenvalue weighted by atomic mass is 10.1. The first kappa shape index (κ1) is 16.3. The maximum absolute atomic E-state index is 11.2. The quantitative estimate of drug-likeness (QED) is 0.320. The zero-order valence-corrected chi connectivity index (χ0v) is 12.8. The Hall–Kier alpha value is -3.07. The van der Waals surface area contributed by atoms with Gasteiger partial charge >= 0.3 is 0 Å². The first-order valence-electron chi connectivity index (χ1n) is 6.56. The van der Waals surface area contributed by atoms with E-state index in [-0.39, 0.29) is 10.8 Å². The Bertz CT molecular complexity index is 735. The first-order chi connectivity index (χ1) is 11.1. The number of nitro groups is 1. The lowest BCUT2D eigenvalue weighted by molar-refractivity contribution is -0.384. The molecule has 8 nitrogen and oxygen atoms in total. The highest BCUT2D eigenvalue weighted by Gasteiger charge is 2.14. The zero-order chi connectivity index (χ0) is 16.7. The van der Waals surface area contributed by atoms with Gasteiger partial charge in [-0.15, -0.1) is 0 Å². The van der Waals surface area contributed by atoms with Crippen molar-refractivity contribution in [2.75, 3.05) is 5.32 Å². The van der Waals surface area contributed by atoms with Crippen molar-refractivity contribution in [3.8, 4) is 0 Å². The summed E-state index contributed by atoms with van der Waals surface area (Å²) in [5, 5.41) is 18.0. The number of nitro benzene ring substituents is 1. The summed E-state index contributed by atoms with van der Waals surface area (Å²) in [4.78, 5) is 14.8. The van der Waals surface area contributed by atoms with Crippen LogP contribution in [0.4, 0.5) is 11.4 Å². The number of hydrazone groups is 1. The van der Waals surface area contributed by atoms with Crippen molar-refractivity contribution in [3.63, 3.8) is 0 Å². The average molecular weight is 330 g/mol. The van der Waals surface area contributed by atoms with Crippen molar-refractivity contribution >= 4 is 34.9 Å². The molecule has 0 saturated heterocycles. The van der Waals surface area contributed by atoms with Crippen LogP contribution in [0.1, 0.15) is 11.1 Å². The van der Waals surface area contributed by atoms with Gasteiger partial charge in [0.05, 0.1) is 11.1 Å². The third-order valence-corrected chi connectivity index (χ3v) is 2.90. The summed E-state index contributed by atoms with van der Waals surface area (Å²) in [6.07, 6.45) is 4.76. The molecule has 1 aromatic carbocycles. The van der Waals surface area contributed by atoms with Crippen LogP contribution in [-0.4, -0.2) is 21.2 Å². The van der Waals surface area contributed by atoms with Crippen LogP contribution in [0.15, 0.2) is 47.8 Å². The van der Waals surface area contributed by atoms with E-state index in [1.54, 1.807) is 30.6 Å². The molecular weight excluding hydrogens is 316 g/mol. The Morgan fingerprint density at radius 3 is 2.96 bits per heavy atom. The minimum Gasteiger partial charge on any atom is -0.375 e. The predicted molar refractivity (Wildman–Crippen MR) is 92.2 cm³/mol. The minimum absolute atomic E-state index is 0.0190. The van der Waals surface area contributed by atoms with Gasteiger partial charge < -0.3 is 11.1 Å². The van der Waals surface area contributed by atoms with Gasteiger partial charge in [-0.3, -0.25) is 20.5 Å². The maximum Gasteiger partial charge on any atom is 0.292 e. The molecule has 2 aromatic rings. The fraction of sp³-hybridized carbons (Fsp3) is 0.0714. The summed E-state index contributed by atoms with van der Waals surface area (Å²) >= 11 is 4.61. The van der Waals surface area contributed by atoms with Gasteiger partial charge in [0, 0.05) is 30.6 Å². The van der Waals surface area contributed by atoms with Crippen LogP contribution in [0.2, 0.25) is 0 Å². The van der Waals surface area contributed by atoms with Gasteiger partial charge in [-0.25, -0.2) is 0 Å². The second kappa shape index (κ2) is 7.80. The number of pyridine rings is 1. The summed E-state index contributed by atoms with van der Waals surface area (Å²) < 4.78 is 0. The van der Waals surface area contributed by atoms with Crippen LogP contribution in [0, 0.1) is 10.1 Å². The van der Waals surface area contributed by atoms with Crippen LogP contribution in [0.5, 0.6) is 0 Å². The largest absolute Gasteiger partial charge is 0.375 e. The molecule has 0 aliphatic carbocycles. The molecule has 0 aliphatic heterocycles. The predicted octanol–water partition coefficient (Wildman–Crippen LogP) is 1.77. The molecule has 0 fully saturated rings. The van der Waals surface area contributed by atoms with E-state index in [2.05, 4.69) is 33.0 Å². The molecule has 4 N–H and O–H groups in total.